The smallest absolute Gasteiger partial charge is 0.321 e. The van der Waals surface area contributed by atoms with Crippen LogP contribution in [0.3, 0.4) is 0 Å². The lowest BCUT2D eigenvalue weighted by atomic mass is 10.3. The zero-order chi connectivity index (χ0) is 21.1. The molecule has 0 aliphatic heterocycles. The molecule has 28 heavy (non-hydrogen) atoms. The van der Waals surface area contributed by atoms with E-state index in [4.69, 9.17) is 4.74 Å². The highest BCUT2D eigenvalue weighted by Crippen LogP contribution is 2.18. The van der Waals surface area contributed by atoms with Crippen LogP contribution in [-0.4, -0.2) is 42.7 Å². The first-order chi connectivity index (χ1) is 13.0. The number of hydrogen-bond acceptors (Lipinski definition) is 6. The Kier molecular flexibility index (Phi) is 6.52. The largest absolute Gasteiger partial charge is 0.452 e. The number of amides is 1. The number of nitrogens with one attached hydrogen (secondary N) is 2. The molecule has 0 fully saturated rings. The van der Waals surface area contributed by atoms with Crippen LogP contribution < -0.4 is 10.0 Å². The molecule has 1 aromatic heterocycles. The van der Waals surface area contributed by atoms with E-state index >= 15 is 0 Å². The highest BCUT2D eigenvalue weighted by molar-refractivity contribution is 7.89. The molecule has 0 radical (unpaired) electrons. The van der Waals surface area contributed by atoms with E-state index in [1.807, 2.05) is 4.72 Å². The predicted molar refractivity (Wildman–Crippen MR) is 98.5 cm³/mol. The lowest BCUT2D eigenvalue weighted by Crippen LogP contribution is -2.36. The summed E-state index contributed by atoms with van der Waals surface area (Å²) in [6.07, 6.45) is -1.16. The van der Waals surface area contributed by atoms with Crippen molar-refractivity contribution in [1.82, 2.24) is 14.5 Å². The summed E-state index contributed by atoms with van der Waals surface area (Å²) >= 11 is 0. The van der Waals surface area contributed by atoms with Crippen LogP contribution >= 0.6 is 0 Å². The molecule has 0 spiro atoms. The summed E-state index contributed by atoms with van der Waals surface area (Å²) in [5, 5.41) is 6.80. The second kappa shape index (κ2) is 8.48. The van der Waals surface area contributed by atoms with Crippen LogP contribution in [0.15, 0.2) is 29.2 Å². The second-order valence-corrected chi connectivity index (χ2v) is 7.84. The van der Waals surface area contributed by atoms with Gasteiger partial charge in [-0.05, 0) is 39.0 Å². The highest BCUT2D eigenvalue weighted by Gasteiger charge is 2.22. The van der Waals surface area contributed by atoms with E-state index in [-0.39, 0.29) is 4.90 Å². The fraction of sp³-hybridized carbons (Fsp3) is 0.353. The highest BCUT2D eigenvalue weighted by atomic mass is 32.2. The van der Waals surface area contributed by atoms with Crippen molar-refractivity contribution in [3.8, 4) is 0 Å². The van der Waals surface area contributed by atoms with Crippen LogP contribution in [0.1, 0.15) is 18.3 Å². The molecule has 2 aromatic rings. The monoisotopic (exact) mass is 412 g/mol. The molecule has 0 aliphatic carbocycles. The topological polar surface area (TPSA) is 119 Å². The molecule has 2 rings (SSSR count). The number of halogens is 1. The van der Waals surface area contributed by atoms with Gasteiger partial charge in [-0.15, -0.1) is 0 Å². The van der Waals surface area contributed by atoms with Gasteiger partial charge < -0.3 is 10.1 Å². The van der Waals surface area contributed by atoms with Crippen molar-refractivity contribution in [2.45, 2.75) is 31.8 Å². The third-order valence-electron chi connectivity index (χ3n) is 3.95. The maximum absolute atomic E-state index is 13.2. The zero-order valence-corrected chi connectivity index (χ0v) is 16.6. The third-order valence-corrected chi connectivity index (χ3v) is 5.35. The van der Waals surface area contributed by atoms with Crippen LogP contribution in [0.2, 0.25) is 0 Å². The third kappa shape index (κ3) is 5.14. The Bertz CT molecular complexity index is 1000. The van der Waals surface area contributed by atoms with Crippen LogP contribution in [0.4, 0.5) is 10.1 Å². The van der Waals surface area contributed by atoms with E-state index in [0.717, 1.165) is 17.8 Å². The molecular formula is C17H21FN4O5S. The Balaban J connectivity index is 1.92. The number of carbonyl (C=O) groups is 2. The normalized spacial score (nSPS) is 12.5. The maximum Gasteiger partial charge on any atom is 0.321 e. The second-order valence-electron chi connectivity index (χ2n) is 6.07. The van der Waals surface area contributed by atoms with Gasteiger partial charge in [0.15, 0.2) is 6.10 Å². The molecule has 9 nitrogen and oxygen atoms in total. The van der Waals surface area contributed by atoms with Gasteiger partial charge in [0.05, 0.1) is 22.0 Å². The molecule has 1 aromatic carbocycles. The van der Waals surface area contributed by atoms with E-state index < -0.39 is 40.4 Å². The van der Waals surface area contributed by atoms with Crippen LogP contribution in [-0.2, 0) is 31.4 Å². The van der Waals surface area contributed by atoms with Crippen molar-refractivity contribution in [2.24, 2.45) is 7.05 Å². The number of benzene rings is 1. The van der Waals surface area contributed by atoms with Gasteiger partial charge in [-0.1, -0.05) is 6.07 Å². The summed E-state index contributed by atoms with van der Waals surface area (Å²) in [6.45, 7) is 4.14. The van der Waals surface area contributed by atoms with Gasteiger partial charge >= 0.3 is 5.97 Å². The zero-order valence-electron chi connectivity index (χ0n) is 15.8. The minimum absolute atomic E-state index is 0.325. The molecular weight excluding hydrogens is 391 g/mol. The summed E-state index contributed by atoms with van der Waals surface area (Å²) in [7, 11) is -2.36. The predicted octanol–water partition coefficient (Wildman–Crippen LogP) is 1.02. The summed E-state index contributed by atoms with van der Waals surface area (Å²) in [4.78, 5) is 23.8. The number of esters is 1. The van der Waals surface area contributed by atoms with Crippen molar-refractivity contribution >= 4 is 27.6 Å². The lowest BCUT2D eigenvalue weighted by molar-refractivity contribution is -0.151. The number of carbonyl (C=O) groups excluding carboxylic acids is 2. The van der Waals surface area contributed by atoms with Gasteiger partial charge in [0.25, 0.3) is 5.91 Å². The Morgan fingerprint density at radius 3 is 2.57 bits per heavy atom. The number of aromatic nitrogens is 2. The van der Waals surface area contributed by atoms with Gasteiger partial charge in [-0.3, -0.25) is 14.3 Å². The van der Waals surface area contributed by atoms with E-state index in [1.54, 1.807) is 25.6 Å². The molecule has 2 N–H and O–H groups in total. The molecule has 152 valence electrons. The number of ether oxygens (including phenoxy) is 1. The first-order valence-electron chi connectivity index (χ1n) is 8.27. The molecule has 1 heterocycles. The fourth-order valence-corrected chi connectivity index (χ4v) is 3.34. The van der Waals surface area contributed by atoms with E-state index in [2.05, 4.69) is 10.4 Å². The molecule has 0 unspecified atom stereocenters. The standard InChI is InChI=1S/C17H21FN4O5S/c1-10-16(11(2)22(4)21-10)20-17(24)12(3)27-15(23)9-19-28(25,26)14-7-5-6-13(18)8-14/h5-8,12,19H,9H2,1-4H3,(H,20,24)/t12-/m0/s1. The lowest BCUT2D eigenvalue weighted by Gasteiger charge is -2.14. The van der Waals surface area contributed by atoms with Crippen molar-refractivity contribution < 1.29 is 27.1 Å². The summed E-state index contributed by atoms with van der Waals surface area (Å²) in [6, 6.07) is 4.34. The van der Waals surface area contributed by atoms with E-state index in [0.29, 0.717) is 11.4 Å². The van der Waals surface area contributed by atoms with Crippen LogP contribution in [0.25, 0.3) is 0 Å². The minimum Gasteiger partial charge on any atom is -0.452 e. The molecule has 0 bridgehead atoms. The van der Waals surface area contributed by atoms with Gasteiger partial charge in [0, 0.05) is 7.05 Å². The van der Waals surface area contributed by atoms with Crippen molar-refractivity contribution in [3.63, 3.8) is 0 Å². The minimum atomic E-state index is -4.09. The van der Waals surface area contributed by atoms with Gasteiger partial charge in [-0.25, -0.2) is 12.8 Å². The summed E-state index contributed by atoms with van der Waals surface area (Å²) in [5.41, 5.74) is 1.85. The number of sulfonamides is 1. The van der Waals surface area contributed by atoms with E-state index in [9.17, 15) is 22.4 Å². The number of anilines is 1. The molecule has 0 saturated carbocycles. The number of hydrogen-bond donors (Lipinski definition) is 2. The summed E-state index contributed by atoms with van der Waals surface area (Å²) < 4.78 is 45.8. The summed E-state index contributed by atoms with van der Waals surface area (Å²) in [5.74, 6) is -2.26. The molecule has 0 aliphatic rings. The van der Waals surface area contributed by atoms with Crippen LogP contribution in [0.5, 0.6) is 0 Å². The first-order valence-corrected chi connectivity index (χ1v) is 9.75. The molecule has 0 saturated heterocycles. The average Bonchev–Trinajstić information content (AvgIpc) is 2.86. The fourth-order valence-electron chi connectivity index (χ4n) is 2.34. The Labute approximate surface area is 161 Å². The SMILES string of the molecule is Cc1nn(C)c(C)c1NC(=O)[C@H](C)OC(=O)CNS(=O)(=O)c1cccc(F)c1. The molecule has 11 heteroatoms. The quantitative estimate of drug-likeness (QED) is 0.656. The number of rotatable bonds is 7. The van der Waals surface area contributed by atoms with Gasteiger partial charge in [-0.2, -0.15) is 9.82 Å². The van der Waals surface area contributed by atoms with Crippen LogP contribution in [0, 0.1) is 19.7 Å². The molecule has 1 atom stereocenters. The van der Waals surface area contributed by atoms with Gasteiger partial charge in [0.2, 0.25) is 10.0 Å². The van der Waals surface area contributed by atoms with Crippen molar-refractivity contribution in [1.29, 1.82) is 0 Å². The van der Waals surface area contributed by atoms with Crippen molar-refractivity contribution in [2.75, 3.05) is 11.9 Å². The Morgan fingerprint density at radius 1 is 1.32 bits per heavy atom. The van der Waals surface area contributed by atoms with E-state index in [1.165, 1.54) is 19.1 Å². The number of nitrogens with zero attached hydrogens (tertiary/aromatic N) is 2. The van der Waals surface area contributed by atoms with Crippen molar-refractivity contribution in [3.05, 3.63) is 41.5 Å². The Morgan fingerprint density at radius 2 is 2.00 bits per heavy atom. The Hall–Kier alpha value is -2.79. The maximum atomic E-state index is 13.2. The molecule has 1 amide bonds. The number of aryl methyl sites for hydroxylation is 2. The first kappa shape index (κ1) is 21.5. The average molecular weight is 412 g/mol. The van der Waals surface area contributed by atoms with Gasteiger partial charge in [0.1, 0.15) is 12.4 Å².